The molecule has 0 saturated carbocycles. The van der Waals surface area contributed by atoms with Gasteiger partial charge in [0, 0.05) is 43.2 Å². The van der Waals surface area contributed by atoms with Crippen LogP contribution in [0, 0.1) is 0 Å². The van der Waals surface area contributed by atoms with Crippen LogP contribution in [-0.4, -0.2) is 57.6 Å². The lowest BCUT2D eigenvalue weighted by Crippen LogP contribution is -2.57. The maximum Gasteiger partial charge on any atom is 0.408 e. The van der Waals surface area contributed by atoms with Crippen LogP contribution in [0.25, 0.3) is 10.9 Å². The van der Waals surface area contributed by atoms with Crippen molar-refractivity contribution < 1.29 is 14.7 Å². The van der Waals surface area contributed by atoms with Crippen molar-refractivity contribution in [3.8, 4) is 0 Å². The number of para-hydroxylation sites is 1. The Morgan fingerprint density at radius 2 is 1.83 bits per heavy atom. The molecule has 6 nitrogen and oxygen atoms in total. The Morgan fingerprint density at radius 1 is 1.21 bits per heavy atom. The molecule has 130 valence electrons. The maximum absolute atomic E-state index is 12.7. The first-order chi connectivity index (χ1) is 11.1. The number of carboxylic acid groups (broad SMARTS) is 1. The number of carbonyl (C=O) groups excluding carboxylic acids is 1. The molecule has 0 aliphatic rings. The van der Waals surface area contributed by atoms with Gasteiger partial charge in [0.25, 0.3) is 0 Å². The summed E-state index contributed by atoms with van der Waals surface area (Å²) < 4.78 is 0. The molecule has 1 heterocycles. The average molecular weight is 331 g/mol. The third-order valence-corrected chi connectivity index (χ3v) is 4.05. The minimum atomic E-state index is -1.09. The summed E-state index contributed by atoms with van der Waals surface area (Å²) in [5.41, 5.74) is 1.22. The van der Waals surface area contributed by atoms with Gasteiger partial charge in [-0.2, -0.15) is 0 Å². The molecular formula is C18H25N3O3. The molecule has 2 rings (SSSR count). The highest BCUT2D eigenvalue weighted by Crippen LogP contribution is 2.25. The van der Waals surface area contributed by atoms with Crippen LogP contribution >= 0.6 is 0 Å². The summed E-state index contributed by atoms with van der Waals surface area (Å²) in [5.74, 6) is -0.224. The predicted octanol–water partition coefficient (Wildman–Crippen LogP) is 2.95. The van der Waals surface area contributed by atoms with E-state index < -0.39 is 17.7 Å². The highest BCUT2D eigenvalue weighted by atomic mass is 16.4. The Bertz CT molecular complexity index is 743. The molecule has 0 fully saturated rings. The molecular weight excluding hydrogens is 306 g/mol. The van der Waals surface area contributed by atoms with Crippen LogP contribution in [0.2, 0.25) is 0 Å². The molecule has 2 aromatic rings. The topological polar surface area (TPSA) is 76.6 Å². The van der Waals surface area contributed by atoms with E-state index in [0.29, 0.717) is 6.42 Å². The number of carbonyl (C=O) groups is 2. The van der Waals surface area contributed by atoms with Gasteiger partial charge >= 0.3 is 6.09 Å². The fourth-order valence-electron chi connectivity index (χ4n) is 2.98. The van der Waals surface area contributed by atoms with E-state index in [1.807, 2.05) is 30.5 Å². The van der Waals surface area contributed by atoms with Gasteiger partial charge in [-0.15, -0.1) is 0 Å². The van der Waals surface area contributed by atoms with Crippen molar-refractivity contribution in [2.75, 3.05) is 14.1 Å². The number of aromatic amines is 1. The maximum atomic E-state index is 12.7. The van der Waals surface area contributed by atoms with Crippen molar-refractivity contribution in [2.24, 2.45) is 0 Å². The van der Waals surface area contributed by atoms with Crippen LogP contribution in [0.1, 0.15) is 26.3 Å². The molecule has 0 radical (unpaired) electrons. The molecule has 2 N–H and O–H groups in total. The number of likely N-dealkylation sites (N-methyl/N-ethyl adjacent to an activating group) is 1. The van der Waals surface area contributed by atoms with E-state index in [9.17, 15) is 14.7 Å². The van der Waals surface area contributed by atoms with Gasteiger partial charge in [-0.3, -0.25) is 9.69 Å². The van der Waals surface area contributed by atoms with Crippen LogP contribution in [0.15, 0.2) is 30.5 Å². The standard InChI is InChI=1S/C18H25N3O3/c1-18(2,3)21(17(23)24)15(16(22)20(4)5)10-12-11-19-14-9-7-6-8-13(12)14/h6-9,11,15,19H,10H2,1-5H3,(H,23,24)/t15-/m0/s1. The first kappa shape index (κ1) is 17.8. The Balaban J connectivity index is 2.47. The Hall–Kier alpha value is -2.50. The molecule has 0 aliphatic carbocycles. The first-order valence-corrected chi connectivity index (χ1v) is 7.91. The van der Waals surface area contributed by atoms with Crippen LogP contribution in [0.3, 0.4) is 0 Å². The number of fused-ring (bicyclic) bond motifs is 1. The molecule has 0 aliphatic heterocycles. The molecule has 1 aromatic heterocycles. The molecule has 24 heavy (non-hydrogen) atoms. The van der Waals surface area contributed by atoms with E-state index in [1.165, 1.54) is 9.80 Å². The zero-order valence-corrected chi connectivity index (χ0v) is 14.8. The van der Waals surface area contributed by atoms with E-state index in [0.717, 1.165) is 16.5 Å². The van der Waals surface area contributed by atoms with Gasteiger partial charge in [0.2, 0.25) is 5.91 Å². The summed E-state index contributed by atoms with van der Waals surface area (Å²) in [6.45, 7) is 5.39. The molecule has 1 atom stereocenters. The number of aromatic nitrogens is 1. The van der Waals surface area contributed by atoms with Crippen LogP contribution < -0.4 is 0 Å². The highest BCUT2D eigenvalue weighted by Gasteiger charge is 2.38. The quantitative estimate of drug-likeness (QED) is 0.904. The van der Waals surface area contributed by atoms with Gasteiger partial charge in [0.05, 0.1) is 0 Å². The van der Waals surface area contributed by atoms with E-state index in [-0.39, 0.29) is 5.91 Å². The summed E-state index contributed by atoms with van der Waals surface area (Å²) in [5, 5.41) is 10.7. The molecule has 2 amide bonds. The third kappa shape index (κ3) is 3.53. The summed E-state index contributed by atoms with van der Waals surface area (Å²) in [7, 11) is 3.29. The van der Waals surface area contributed by atoms with Gasteiger partial charge in [-0.1, -0.05) is 18.2 Å². The van der Waals surface area contributed by atoms with Gasteiger partial charge in [-0.25, -0.2) is 4.79 Å². The minimum absolute atomic E-state index is 0.224. The van der Waals surface area contributed by atoms with Crippen molar-refractivity contribution in [3.05, 3.63) is 36.0 Å². The number of rotatable bonds is 4. The van der Waals surface area contributed by atoms with Gasteiger partial charge < -0.3 is 15.0 Å². The second-order valence-corrected chi connectivity index (χ2v) is 7.14. The van der Waals surface area contributed by atoms with E-state index in [4.69, 9.17) is 0 Å². The number of nitrogens with zero attached hydrogens (tertiary/aromatic N) is 2. The van der Waals surface area contributed by atoms with Crippen molar-refractivity contribution >= 4 is 22.9 Å². The monoisotopic (exact) mass is 331 g/mol. The van der Waals surface area contributed by atoms with E-state index in [2.05, 4.69) is 4.98 Å². The second kappa shape index (κ2) is 6.55. The SMILES string of the molecule is CN(C)C(=O)[C@H](Cc1c[nH]c2ccccc12)N(C(=O)O)C(C)(C)C. The van der Waals surface area contributed by atoms with Gasteiger partial charge in [0.1, 0.15) is 6.04 Å². The normalized spacial score (nSPS) is 12.9. The fourth-order valence-corrected chi connectivity index (χ4v) is 2.98. The summed E-state index contributed by atoms with van der Waals surface area (Å²) in [6, 6.07) is 7.02. The predicted molar refractivity (Wildman–Crippen MR) is 94.1 cm³/mol. The zero-order valence-electron chi connectivity index (χ0n) is 14.8. The molecule has 6 heteroatoms. The lowest BCUT2D eigenvalue weighted by atomic mass is 9.97. The number of hydrogen-bond donors (Lipinski definition) is 2. The van der Waals surface area contributed by atoms with Crippen molar-refractivity contribution in [2.45, 2.75) is 38.8 Å². The van der Waals surface area contributed by atoms with Crippen LogP contribution in [0.5, 0.6) is 0 Å². The summed E-state index contributed by atoms with van der Waals surface area (Å²) in [6.07, 6.45) is 1.08. The van der Waals surface area contributed by atoms with Crippen molar-refractivity contribution in [1.82, 2.24) is 14.8 Å². The lowest BCUT2D eigenvalue weighted by molar-refractivity contribution is -0.135. The number of benzene rings is 1. The number of nitrogens with one attached hydrogen (secondary N) is 1. The molecule has 0 saturated heterocycles. The molecule has 0 bridgehead atoms. The van der Waals surface area contributed by atoms with E-state index >= 15 is 0 Å². The number of H-pyrrole nitrogens is 1. The second-order valence-electron chi connectivity index (χ2n) is 7.14. The third-order valence-electron chi connectivity index (χ3n) is 4.05. The van der Waals surface area contributed by atoms with Crippen molar-refractivity contribution in [3.63, 3.8) is 0 Å². The average Bonchev–Trinajstić information content (AvgIpc) is 2.87. The summed E-state index contributed by atoms with van der Waals surface area (Å²) >= 11 is 0. The first-order valence-electron chi connectivity index (χ1n) is 7.91. The zero-order chi connectivity index (χ0) is 18.1. The fraction of sp³-hybridized carbons (Fsp3) is 0.444. The highest BCUT2D eigenvalue weighted by molar-refractivity contribution is 5.88. The van der Waals surface area contributed by atoms with Crippen LogP contribution in [0.4, 0.5) is 4.79 Å². The summed E-state index contributed by atoms with van der Waals surface area (Å²) in [4.78, 5) is 30.4. The Kier molecular flexibility index (Phi) is 4.87. The van der Waals surface area contributed by atoms with Crippen LogP contribution in [-0.2, 0) is 11.2 Å². The van der Waals surface area contributed by atoms with E-state index in [1.54, 1.807) is 34.9 Å². The Morgan fingerprint density at radius 3 is 2.38 bits per heavy atom. The smallest absolute Gasteiger partial charge is 0.408 e. The minimum Gasteiger partial charge on any atom is -0.465 e. The number of amides is 2. The van der Waals surface area contributed by atoms with Gasteiger partial charge in [0.15, 0.2) is 0 Å². The lowest BCUT2D eigenvalue weighted by Gasteiger charge is -2.39. The molecule has 0 unspecified atom stereocenters. The largest absolute Gasteiger partial charge is 0.465 e. The Labute approximate surface area is 142 Å². The molecule has 1 aromatic carbocycles. The molecule has 0 spiro atoms. The van der Waals surface area contributed by atoms with Gasteiger partial charge in [-0.05, 0) is 32.4 Å². The van der Waals surface area contributed by atoms with Crippen molar-refractivity contribution in [1.29, 1.82) is 0 Å². The number of hydrogen-bond acceptors (Lipinski definition) is 2.